The summed E-state index contributed by atoms with van der Waals surface area (Å²) in [5.74, 6) is -0.414. The summed E-state index contributed by atoms with van der Waals surface area (Å²) >= 11 is 3.35. The number of halogens is 1. The second-order valence-corrected chi connectivity index (χ2v) is 5.21. The Morgan fingerprint density at radius 2 is 1.95 bits per heavy atom. The number of rotatable bonds is 2. The molecule has 0 saturated carbocycles. The molecule has 0 aliphatic carbocycles. The van der Waals surface area contributed by atoms with E-state index >= 15 is 0 Å². The largest absolute Gasteiger partial charge is 0.326 e. The molecule has 1 aromatic heterocycles. The van der Waals surface area contributed by atoms with E-state index in [1.54, 1.807) is 19.1 Å². The van der Waals surface area contributed by atoms with Gasteiger partial charge in [-0.1, -0.05) is 22.0 Å². The molecule has 98 valence electrons. The molecule has 0 spiro atoms. The molecule has 2 N–H and O–H groups in total. The highest BCUT2D eigenvalue weighted by Gasteiger charge is 2.11. The summed E-state index contributed by atoms with van der Waals surface area (Å²) in [6, 6.07) is 8.80. The van der Waals surface area contributed by atoms with Crippen molar-refractivity contribution in [3.8, 4) is 0 Å². The van der Waals surface area contributed by atoms with Crippen molar-refractivity contribution < 1.29 is 4.79 Å². The van der Waals surface area contributed by atoms with Crippen molar-refractivity contribution in [1.82, 2.24) is 4.98 Å². The molecule has 0 saturated heterocycles. The minimum absolute atomic E-state index is 0.102. The standard InChI is InChI=1S/C14H13BrN2O2/c1-8-3-5-10(15)7-12(8)17-14(19)11-6-4-9(2)16-13(11)18/h3-7H,1-2H3,(H,16,18)(H,17,19). The third-order valence-electron chi connectivity index (χ3n) is 2.75. The van der Waals surface area contributed by atoms with Crippen molar-refractivity contribution >= 4 is 27.5 Å². The van der Waals surface area contributed by atoms with Crippen molar-refractivity contribution in [2.45, 2.75) is 13.8 Å². The summed E-state index contributed by atoms with van der Waals surface area (Å²) in [5.41, 5.74) is 2.05. The Kier molecular flexibility index (Phi) is 3.85. The molecule has 19 heavy (non-hydrogen) atoms. The fourth-order valence-electron chi connectivity index (χ4n) is 1.67. The molecule has 0 aliphatic heterocycles. The van der Waals surface area contributed by atoms with Crippen molar-refractivity contribution in [2.75, 3.05) is 5.32 Å². The Balaban J connectivity index is 2.31. The van der Waals surface area contributed by atoms with E-state index in [0.29, 0.717) is 5.69 Å². The van der Waals surface area contributed by atoms with E-state index in [0.717, 1.165) is 15.7 Å². The Bertz CT molecular complexity index is 692. The SMILES string of the molecule is Cc1ccc(C(=O)Nc2cc(Br)ccc2C)c(=O)[nH]1. The lowest BCUT2D eigenvalue weighted by atomic mass is 10.2. The van der Waals surface area contributed by atoms with Crippen LogP contribution < -0.4 is 10.9 Å². The molecule has 0 atom stereocenters. The van der Waals surface area contributed by atoms with Gasteiger partial charge in [-0.3, -0.25) is 9.59 Å². The molecule has 0 bridgehead atoms. The van der Waals surface area contributed by atoms with Crippen LogP contribution in [0, 0.1) is 13.8 Å². The predicted octanol–water partition coefficient (Wildman–Crippen LogP) is 3.01. The van der Waals surface area contributed by atoms with Crippen molar-refractivity contribution in [2.24, 2.45) is 0 Å². The van der Waals surface area contributed by atoms with Crippen molar-refractivity contribution in [3.63, 3.8) is 0 Å². The second-order valence-electron chi connectivity index (χ2n) is 4.30. The van der Waals surface area contributed by atoms with Crippen LogP contribution in [0.25, 0.3) is 0 Å². The Morgan fingerprint density at radius 1 is 1.21 bits per heavy atom. The number of carbonyl (C=O) groups is 1. The van der Waals surface area contributed by atoms with E-state index in [2.05, 4.69) is 26.2 Å². The minimum atomic E-state index is -0.414. The van der Waals surface area contributed by atoms with E-state index in [4.69, 9.17) is 0 Å². The number of pyridine rings is 1. The highest BCUT2D eigenvalue weighted by atomic mass is 79.9. The first kappa shape index (κ1) is 13.5. The molecule has 0 aliphatic rings. The molecule has 2 aromatic rings. The number of H-pyrrole nitrogens is 1. The average Bonchev–Trinajstić information content (AvgIpc) is 2.33. The minimum Gasteiger partial charge on any atom is -0.326 e. The van der Waals surface area contributed by atoms with Crippen LogP contribution in [-0.4, -0.2) is 10.9 Å². The first-order valence-corrected chi connectivity index (χ1v) is 6.54. The molecule has 1 amide bonds. The first-order chi connectivity index (χ1) is 8.97. The van der Waals surface area contributed by atoms with Gasteiger partial charge >= 0.3 is 0 Å². The van der Waals surface area contributed by atoms with Gasteiger partial charge in [-0.05, 0) is 43.7 Å². The number of nitrogens with one attached hydrogen (secondary N) is 2. The van der Waals surface area contributed by atoms with Gasteiger partial charge in [-0.2, -0.15) is 0 Å². The lowest BCUT2D eigenvalue weighted by Gasteiger charge is -2.08. The van der Waals surface area contributed by atoms with E-state index in [1.165, 1.54) is 6.07 Å². The van der Waals surface area contributed by atoms with Crippen LogP contribution in [0.1, 0.15) is 21.6 Å². The monoisotopic (exact) mass is 320 g/mol. The second kappa shape index (κ2) is 5.40. The van der Waals surface area contributed by atoms with Gasteiger partial charge in [0.1, 0.15) is 5.56 Å². The molecular formula is C14H13BrN2O2. The van der Waals surface area contributed by atoms with Crippen LogP contribution in [0.15, 0.2) is 39.6 Å². The number of carbonyl (C=O) groups excluding carboxylic acids is 1. The summed E-state index contributed by atoms with van der Waals surface area (Å²) in [6.45, 7) is 3.66. The number of hydrogen-bond donors (Lipinski definition) is 2. The highest BCUT2D eigenvalue weighted by molar-refractivity contribution is 9.10. The van der Waals surface area contributed by atoms with Crippen LogP contribution >= 0.6 is 15.9 Å². The Hall–Kier alpha value is -1.88. The summed E-state index contributed by atoms with van der Waals surface area (Å²) in [4.78, 5) is 26.4. The molecule has 2 rings (SSSR count). The van der Waals surface area contributed by atoms with Crippen LogP contribution in [0.3, 0.4) is 0 Å². The molecule has 0 unspecified atom stereocenters. The molecule has 1 aromatic carbocycles. The van der Waals surface area contributed by atoms with E-state index < -0.39 is 5.91 Å². The fraction of sp³-hybridized carbons (Fsp3) is 0.143. The quantitative estimate of drug-likeness (QED) is 0.893. The number of hydrogen-bond acceptors (Lipinski definition) is 2. The van der Waals surface area contributed by atoms with Gasteiger partial charge in [0.05, 0.1) is 0 Å². The van der Waals surface area contributed by atoms with E-state index in [9.17, 15) is 9.59 Å². The van der Waals surface area contributed by atoms with Crippen LogP contribution in [0.5, 0.6) is 0 Å². The summed E-state index contributed by atoms with van der Waals surface area (Å²) < 4.78 is 0.867. The number of aromatic amines is 1. The zero-order valence-corrected chi connectivity index (χ0v) is 12.2. The van der Waals surface area contributed by atoms with Gasteiger partial charge in [-0.25, -0.2) is 0 Å². The van der Waals surface area contributed by atoms with E-state index in [-0.39, 0.29) is 11.1 Å². The van der Waals surface area contributed by atoms with Crippen LogP contribution in [-0.2, 0) is 0 Å². The molecule has 4 nitrogen and oxygen atoms in total. The number of amides is 1. The summed E-state index contributed by atoms with van der Waals surface area (Å²) in [5, 5.41) is 2.74. The van der Waals surface area contributed by atoms with Gasteiger partial charge in [0.15, 0.2) is 0 Å². The van der Waals surface area contributed by atoms with Crippen LogP contribution in [0.2, 0.25) is 0 Å². The molecule has 1 heterocycles. The van der Waals surface area contributed by atoms with Crippen LogP contribution in [0.4, 0.5) is 5.69 Å². The molecule has 5 heteroatoms. The highest BCUT2D eigenvalue weighted by Crippen LogP contribution is 2.20. The maximum Gasteiger partial charge on any atom is 0.261 e. The Labute approximate surface area is 119 Å². The van der Waals surface area contributed by atoms with Gasteiger partial charge in [0.2, 0.25) is 0 Å². The maximum absolute atomic E-state index is 12.1. The normalized spacial score (nSPS) is 10.3. The van der Waals surface area contributed by atoms with Gasteiger partial charge in [-0.15, -0.1) is 0 Å². The van der Waals surface area contributed by atoms with Gasteiger partial charge in [0, 0.05) is 15.9 Å². The molecule has 0 fully saturated rings. The third-order valence-corrected chi connectivity index (χ3v) is 3.24. The smallest absolute Gasteiger partial charge is 0.261 e. The van der Waals surface area contributed by atoms with E-state index in [1.807, 2.05) is 19.1 Å². The maximum atomic E-state index is 12.1. The number of aromatic nitrogens is 1. The summed E-state index contributed by atoms with van der Waals surface area (Å²) in [7, 11) is 0. The van der Waals surface area contributed by atoms with Gasteiger partial charge < -0.3 is 10.3 Å². The van der Waals surface area contributed by atoms with Crippen molar-refractivity contribution in [1.29, 1.82) is 0 Å². The topological polar surface area (TPSA) is 62.0 Å². The first-order valence-electron chi connectivity index (χ1n) is 5.75. The predicted molar refractivity (Wildman–Crippen MR) is 78.6 cm³/mol. The number of anilines is 1. The number of benzene rings is 1. The fourth-order valence-corrected chi connectivity index (χ4v) is 2.03. The Morgan fingerprint density at radius 3 is 2.63 bits per heavy atom. The third kappa shape index (κ3) is 3.12. The lowest BCUT2D eigenvalue weighted by Crippen LogP contribution is -2.23. The zero-order valence-electron chi connectivity index (χ0n) is 10.6. The molecule has 0 radical (unpaired) electrons. The lowest BCUT2D eigenvalue weighted by molar-refractivity contribution is 0.102. The number of aryl methyl sites for hydroxylation is 2. The average molecular weight is 321 g/mol. The zero-order chi connectivity index (χ0) is 14.0. The van der Waals surface area contributed by atoms with Crippen molar-refractivity contribution in [3.05, 3.63) is 62.0 Å². The summed E-state index contributed by atoms with van der Waals surface area (Å²) in [6.07, 6.45) is 0. The van der Waals surface area contributed by atoms with Gasteiger partial charge in [0.25, 0.3) is 11.5 Å². The molecular weight excluding hydrogens is 308 g/mol.